The Morgan fingerprint density at radius 2 is 2.00 bits per heavy atom. The van der Waals surface area contributed by atoms with Crippen molar-refractivity contribution in [1.82, 2.24) is 5.32 Å². The normalized spacial score (nSPS) is 16.5. The van der Waals surface area contributed by atoms with Crippen molar-refractivity contribution in [1.29, 1.82) is 0 Å². The van der Waals surface area contributed by atoms with E-state index in [1.54, 1.807) is 0 Å². The first kappa shape index (κ1) is 15.1. The van der Waals surface area contributed by atoms with Gasteiger partial charge in [-0.05, 0) is 25.0 Å². The van der Waals surface area contributed by atoms with E-state index in [2.05, 4.69) is 5.32 Å². The van der Waals surface area contributed by atoms with Gasteiger partial charge in [0, 0.05) is 12.1 Å². The van der Waals surface area contributed by atoms with Gasteiger partial charge in [-0.1, -0.05) is 37.3 Å². The largest absolute Gasteiger partial charge is 0.484 e. The van der Waals surface area contributed by atoms with Crippen LogP contribution in [-0.2, 0) is 4.79 Å². The lowest BCUT2D eigenvalue weighted by molar-refractivity contribution is -0.123. The predicted octanol–water partition coefficient (Wildman–Crippen LogP) is 3.70. The summed E-state index contributed by atoms with van der Waals surface area (Å²) in [4.78, 5) is 11.8. The Morgan fingerprint density at radius 1 is 1.30 bits per heavy atom. The Balaban J connectivity index is 1.77. The minimum Gasteiger partial charge on any atom is -0.484 e. The molecule has 1 aliphatic carbocycles. The number of carbonyl (C=O) groups excluding carboxylic acids is 1. The molecule has 0 radical (unpaired) electrons. The van der Waals surface area contributed by atoms with Gasteiger partial charge in [0.1, 0.15) is 11.6 Å². The molecule has 110 valence electrons. The molecular formula is C15H19ClFNO2. The number of amides is 1. The molecule has 0 heterocycles. The molecule has 0 saturated heterocycles. The van der Waals surface area contributed by atoms with E-state index in [0.29, 0.717) is 5.75 Å². The van der Waals surface area contributed by atoms with Crippen LogP contribution in [0.15, 0.2) is 18.2 Å². The van der Waals surface area contributed by atoms with Gasteiger partial charge >= 0.3 is 0 Å². The van der Waals surface area contributed by atoms with Crippen molar-refractivity contribution in [2.24, 2.45) is 0 Å². The molecule has 5 heteroatoms. The SMILES string of the molecule is O=C(COc1ccc(F)c(Cl)c1)NC1CCCCCC1. The summed E-state index contributed by atoms with van der Waals surface area (Å²) < 4.78 is 18.3. The average Bonchev–Trinajstić information content (AvgIpc) is 2.69. The van der Waals surface area contributed by atoms with Crippen molar-refractivity contribution in [3.05, 3.63) is 29.0 Å². The number of hydrogen-bond donors (Lipinski definition) is 1. The minimum absolute atomic E-state index is 0.00771. The molecule has 0 spiro atoms. The number of nitrogens with one attached hydrogen (secondary N) is 1. The van der Waals surface area contributed by atoms with E-state index in [1.807, 2.05) is 0 Å². The lowest BCUT2D eigenvalue weighted by Gasteiger charge is -2.16. The van der Waals surface area contributed by atoms with Crippen LogP contribution in [0.25, 0.3) is 0 Å². The molecule has 1 aromatic rings. The molecule has 1 fully saturated rings. The maximum atomic E-state index is 13.0. The molecule has 1 amide bonds. The third-order valence-corrected chi connectivity index (χ3v) is 3.77. The van der Waals surface area contributed by atoms with Gasteiger partial charge in [-0.15, -0.1) is 0 Å². The molecule has 1 saturated carbocycles. The lowest BCUT2D eigenvalue weighted by atomic mass is 10.1. The van der Waals surface area contributed by atoms with Crippen molar-refractivity contribution in [2.45, 2.75) is 44.6 Å². The number of hydrogen-bond acceptors (Lipinski definition) is 2. The predicted molar refractivity (Wildman–Crippen MR) is 76.5 cm³/mol. The maximum Gasteiger partial charge on any atom is 0.258 e. The molecule has 2 rings (SSSR count). The summed E-state index contributed by atoms with van der Waals surface area (Å²) in [6, 6.07) is 4.31. The molecular weight excluding hydrogens is 281 g/mol. The van der Waals surface area contributed by atoms with E-state index in [4.69, 9.17) is 16.3 Å². The summed E-state index contributed by atoms with van der Waals surface area (Å²) >= 11 is 5.65. The summed E-state index contributed by atoms with van der Waals surface area (Å²) in [6.45, 7) is -0.0710. The standard InChI is InChI=1S/C15H19ClFNO2/c16-13-9-12(7-8-14(13)17)20-10-15(19)18-11-5-3-1-2-4-6-11/h7-9,11H,1-6,10H2,(H,18,19). The number of halogens is 2. The van der Waals surface area contributed by atoms with Crippen molar-refractivity contribution in [2.75, 3.05) is 6.61 Å². The highest BCUT2D eigenvalue weighted by atomic mass is 35.5. The summed E-state index contributed by atoms with van der Waals surface area (Å²) in [6.07, 6.45) is 6.90. The molecule has 3 nitrogen and oxygen atoms in total. The lowest BCUT2D eigenvalue weighted by Crippen LogP contribution is -2.37. The molecule has 0 aliphatic heterocycles. The highest BCUT2D eigenvalue weighted by Crippen LogP contribution is 2.21. The van der Waals surface area contributed by atoms with Gasteiger partial charge in [0.15, 0.2) is 6.61 Å². The van der Waals surface area contributed by atoms with E-state index in [9.17, 15) is 9.18 Å². The van der Waals surface area contributed by atoms with Crippen LogP contribution in [0.4, 0.5) is 4.39 Å². The third-order valence-electron chi connectivity index (χ3n) is 3.48. The van der Waals surface area contributed by atoms with Gasteiger partial charge in [-0.3, -0.25) is 4.79 Å². The molecule has 1 aromatic carbocycles. The van der Waals surface area contributed by atoms with E-state index in [0.717, 1.165) is 12.8 Å². The van der Waals surface area contributed by atoms with Crippen LogP contribution in [0.5, 0.6) is 5.75 Å². The molecule has 1 aliphatic rings. The van der Waals surface area contributed by atoms with Crippen LogP contribution in [0.1, 0.15) is 38.5 Å². The second-order valence-electron chi connectivity index (χ2n) is 5.12. The minimum atomic E-state index is -0.498. The summed E-state index contributed by atoms with van der Waals surface area (Å²) in [5, 5.41) is 2.98. The Kier molecular flexibility index (Phi) is 5.65. The zero-order valence-electron chi connectivity index (χ0n) is 11.3. The number of carbonyl (C=O) groups is 1. The van der Waals surface area contributed by atoms with Gasteiger partial charge < -0.3 is 10.1 Å². The summed E-state index contributed by atoms with van der Waals surface area (Å²) in [7, 11) is 0. The second-order valence-corrected chi connectivity index (χ2v) is 5.53. The van der Waals surface area contributed by atoms with Crippen molar-refractivity contribution in [3.63, 3.8) is 0 Å². The number of rotatable bonds is 4. The van der Waals surface area contributed by atoms with Crippen LogP contribution >= 0.6 is 11.6 Å². The van der Waals surface area contributed by atoms with Crippen LogP contribution < -0.4 is 10.1 Å². The molecule has 0 unspecified atom stereocenters. The summed E-state index contributed by atoms with van der Waals surface area (Å²) in [5.41, 5.74) is 0. The Bertz CT molecular complexity index is 459. The quantitative estimate of drug-likeness (QED) is 0.861. The molecule has 1 N–H and O–H groups in total. The summed E-state index contributed by atoms with van der Waals surface area (Å²) in [5.74, 6) is -0.244. The first-order chi connectivity index (χ1) is 9.65. The van der Waals surface area contributed by atoms with E-state index >= 15 is 0 Å². The topological polar surface area (TPSA) is 38.3 Å². The maximum absolute atomic E-state index is 13.0. The molecule has 20 heavy (non-hydrogen) atoms. The molecule has 0 aromatic heterocycles. The number of benzene rings is 1. The fraction of sp³-hybridized carbons (Fsp3) is 0.533. The van der Waals surface area contributed by atoms with Gasteiger partial charge in [-0.25, -0.2) is 4.39 Å². The zero-order valence-corrected chi connectivity index (χ0v) is 12.1. The average molecular weight is 300 g/mol. The Hall–Kier alpha value is -1.29. The van der Waals surface area contributed by atoms with Gasteiger partial charge in [0.2, 0.25) is 0 Å². The first-order valence-electron chi connectivity index (χ1n) is 7.02. The molecule has 0 atom stereocenters. The van der Waals surface area contributed by atoms with Crippen molar-refractivity contribution < 1.29 is 13.9 Å². The van der Waals surface area contributed by atoms with Crippen LogP contribution in [-0.4, -0.2) is 18.6 Å². The monoisotopic (exact) mass is 299 g/mol. The molecule has 0 bridgehead atoms. The van der Waals surface area contributed by atoms with Crippen LogP contribution in [0, 0.1) is 5.82 Å². The Labute approximate surface area is 123 Å². The zero-order chi connectivity index (χ0) is 14.4. The first-order valence-corrected chi connectivity index (χ1v) is 7.40. The van der Waals surface area contributed by atoms with E-state index < -0.39 is 5.82 Å². The van der Waals surface area contributed by atoms with Gasteiger partial charge in [-0.2, -0.15) is 0 Å². The fourth-order valence-electron chi connectivity index (χ4n) is 2.41. The van der Waals surface area contributed by atoms with E-state index in [-0.39, 0.29) is 23.6 Å². The fourth-order valence-corrected chi connectivity index (χ4v) is 2.58. The van der Waals surface area contributed by atoms with Crippen molar-refractivity contribution >= 4 is 17.5 Å². The van der Waals surface area contributed by atoms with Gasteiger partial charge in [0.25, 0.3) is 5.91 Å². The highest BCUT2D eigenvalue weighted by molar-refractivity contribution is 6.30. The van der Waals surface area contributed by atoms with E-state index in [1.165, 1.54) is 43.9 Å². The second kappa shape index (κ2) is 7.48. The van der Waals surface area contributed by atoms with Crippen molar-refractivity contribution in [3.8, 4) is 5.75 Å². The smallest absolute Gasteiger partial charge is 0.258 e. The third kappa shape index (κ3) is 4.67. The van der Waals surface area contributed by atoms with Crippen LogP contribution in [0.3, 0.4) is 0 Å². The Morgan fingerprint density at radius 3 is 2.65 bits per heavy atom. The number of ether oxygens (including phenoxy) is 1. The van der Waals surface area contributed by atoms with Crippen LogP contribution in [0.2, 0.25) is 5.02 Å². The van der Waals surface area contributed by atoms with Gasteiger partial charge in [0.05, 0.1) is 5.02 Å². The highest BCUT2D eigenvalue weighted by Gasteiger charge is 2.15.